The van der Waals surface area contributed by atoms with Gasteiger partial charge in [-0.3, -0.25) is 4.79 Å². The first-order chi connectivity index (χ1) is 9.47. The van der Waals surface area contributed by atoms with Gasteiger partial charge in [0.25, 0.3) is 0 Å². The molecule has 0 saturated carbocycles. The van der Waals surface area contributed by atoms with Crippen molar-refractivity contribution in [3.8, 4) is 5.75 Å². The number of rotatable bonds is 4. The van der Waals surface area contributed by atoms with Crippen LogP contribution >= 0.6 is 15.9 Å². The second-order valence-corrected chi connectivity index (χ2v) is 5.15. The number of amides is 1. The number of halogens is 1. The number of hydrogen-bond donors (Lipinski definition) is 4. The molecule has 6 N–H and O–H groups in total. The van der Waals surface area contributed by atoms with Crippen molar-refractivity contribution in [1.29, 1.82) is 0 Å². The predicted octanol–water partition coefficient (Wildman–Crippen LogP) is 2.45. The second kappa shape index (κ2) is 5.83. The average molecular weight is 336 g/mol. The van der Waals surface area contributed by atoms with E-state index in [9.17, 15) is 9.90 Å². The van der Waals surface area contributed by atoms with E-state index in [1.807, 2.05) is 0 Å². The number of phenols is 1. The minimum Gasteiger partial charge on any atom is -0.508 e. The molecule has 1 amide bonds. The molecule has 0 saturated heterocycles. The molecule has 0 unspecified atom stereocenters. The molecule has 0 heterocycles. The molecule has 0 aliphatic rings. The van der Waals surface area contributed by atoms with Crippen molar-refractivity contribution in [2.75, 3.05) is 11.1 Å². The number of aromatic hydroxyl groups is 1. The lowest BCUT2D eigenvalue weighted by Gasteiger charge is -2.10. The Kier molecular flexibility index (Phi) is 4.14. The number of phenolic OH excluding ortho intramolecular Hbond substituents is 1. The number of nitrogen functional groups attached to an aromatic ring is 1. The number of hydrogen-bond acceptors (Lipinski definition) is 4. The molecule has 104 valence electrons. The Balaban J connectivity index is 2.13. The van der Waals surface area contributed by atoms with Gasteiger partial charge >= 0.3 is 0 Å². The first-order valence-electron chi connectivity index (χ1n) is 5.88. The summed E-state index contributed by atoms with van der Waals surface area (Å²) >= 11 is 3.29. The molecule has 0 aromatic heterocycles. The van der Waals surface area contributed by atoms with Crippen LogP contribution in [-0.4, -0.2) is 11.0 Å². The molecule has 0 spiro atoms. The number of carbonyl (C=O) groups is 1. The SMILES string of the molecule is NC(=O)c1ccc(NCc2cc(N)ccc2O)cc1Br. The highest BCUT2D eigenvalue weighted by molar-refractivity contribution is 9.10. The molecule has 0 aliphatic heterocycles. The molecule has 0 aliphatic carbocycles. The molecule has 0 atom stereocenters. The summed E-state index contributed by atoms with van der Waals surface area (Å²) in [4.78, 5) is 11.1. The van der Waals surface area contributed by atoms with E-state index >= 15 is 0 Å². The molecular formula is C14H14BrN3O2. The standard InChI is InChI=1S/C14H14BrN3O2/c15-12-6-10(2-3-11(12)14(17)20)18-7-8-5-9(16)1-4-13(8)19/h1-6,18-19H,7,16H2,(H2,17,20). The van der Waals surface area contributed by atoms with Crippen LogP contribution in [0.25, 0.3) is 0 Å². The minimum atomic E-state index is -0.489. The number of carbonyl (C=O) groups excluding carboxylic acids is 1. The lowest BCUT2D eigenvalue weighted by Crippen LogP contribution is -2.11. The van der Waals surface area contributed by atoms with Gasteiger partial charge in [0.05, 0.1) is 5.56 Å². The number of nitrogens with two attached hydrogens (primary N) is 2. The predicted molar refractivity (Wildman–Crippen MR) is 82.5 cm³/mol. The van der Waals surface area contributed by atoms with Gasteiger partial charge in [0, 0.05) is 28.0 Å². The maximum atomic E-state index is 11.1. The van der Waals surface area contributed by atoms with Crippen molar-refractivity contribution < 1.29 is 9.90 Å². The Morgan fingerprint density at radius 1 is 1.25 bits per heavy atom. The van der Waals surface area contributed by atoms with E-state index in [-0.39, 0.29) is 5.75 Å². The van der Waals surface area contributed by atoms with Crippen LogP contribution in [0, 0.1) is 0 Å². The van der Waals surface area contributed by atoms with Crippen molar-refractivity contribution in [2.45, 2.75) is 6.54 Å². The monoisotopic (exact) mass is 335 g/mol. The Morgan fingerprint density at radius 2 is 2.00 bits per heavy atom. The summed E-state index contributed by atoms with van der Waals surface area (Å²) in [5, 5.41) is 12.9. The zero-order valence-electron chi connectivity index (χ0n) is 10.6. The van der Waals surface area contributed by atoms with Crippen molar-refractivity contribution in [3.05, 3.63) is 52.0 Å². The fourth-order valence-electron chi connectivity index (χ4n) is 1.77. The van der Waals surface area contributed by atoms with Crippen molar-refractivity contribution >= 4 is 33.2 Å². The van der Waals surface area contributed by atoms with E-state index in [1.165, 1.54) is 0 Å². The summed E-state index contributed by atoms with van der Waals surface area (Å²) in [6.07, 6.45) is 0. The molecular weight excluding hydrogens is 322 g/mol. The molecule has 0 bridgehead atoms. The zero-order chi connectivity index (χ0) is 14.7. The van der Waals surface area contributed by atoms with Crippen molar-refractivity contribution in [1.82, 2.24) is 0 Å². The molecule has 0 radical (unpaired) electrons. The van der Waals surface area contributed by atoms with Crippen LogP contribution in [0.3, 0.4) is 0 Å². The first kappa shape index (κ1) is 14.2. The molecule has 2 rings (SSSR count). The van der Waals surface area contributed by atoms with Gasteiger partial charge < -0.3 is 21.9 Å². The van der Waals surface area contributed by atoms with Gasteiger partial charge in [-0.05, 0) is 52.3 Å². The van der Waals surface area contributed by atoms with Gasteiger partial charge in [-0.15, -0.1) is 0 Å². The molecule has 2 aromatic rings. The Bertz CT molecular complexity index is 659. The largest absolute Gasteiger partial charge is 0.508 e. The summed E-state index contributed by atoms with van der Waals surface area (Å²) in [6, 6.07) is 10.0. The zero-order valence-corrected chi connectivity index (χ0v) is 12.1. The summed E-state index contributed by atoms with van der Waals surface area (Å²) in [5.74, 6) is -0.309. The van der Waals surface area contributed by atoms with E-state index in [0.717, 1.165) is 5.69 Å². The molecule has 2 aromatic carbocycles. The van der Waals surface area contributed by atoms with Crippen LogP contribution in [0.15, 0.2) is 40.9 Å². The summed E-state index contributed by atoms with van der Waals surface area (Å²) in [5.41, 5.74) is 13.4. The molecule has 20 heavy (non-hydrogen) atoms. The topological polar surface area (TPSA) is 101 Å². The van der Waals surface area contributed by atoms with E-state index in [2.05, 4.69) is 21.2 Å². The van der Waals surface area contributed by atoms with Crippen LogP contribution in [0.2, 0.25) is 0 Å². The third-order valence-corrected chi connectivity index (χ3v) is 3.48. The number of benzene rings is 2. The maximum Gasteiger partial charge on any atom is 0.249 e. The summed E-state index contributed by atoms with van der Waals surface area (Å²) in [6.45, 7) is 0.416. The fraction of sp³-hybridized carbons (Fsp3) is 0.0714. The number of anilines is 2. The Labute approximate surface area is 124 Å². The van der Waals surface area contributed by atoms with Gasteiger partial charge in [0.2, 0.25) is 5.91 Å². The fourth-order valence-corrected chi connectivity index (χ4v) is 2.34. The van der Waals surface area contributed by atoms with Gasteiger partial charge in [-0.25, -0.2) is 0 Å². The van der Waals surface area contributed by atoms with E-state index in [4.69, 9.17) is 11.5 Å². The minimum absolute atomic E-state index is 0.180. The van der Waals surface area contributed by atoms with Crippen LogP contribution in [-0.2, 0) is 6.54 Å². The van der Waals surface area contributed by atoms with Crippen LogP contribution in [0.4, 0.5) is 11.4 Å². The second-order valence-electron chi connectivity index (χ2n) is 4.30. The highest BCUT2D eigenvalue weighted by atomic mass is 79.9. The maximum absolute atomic E-state index is 11.1. The lowest BCUT2D eigenvalue weighted by molar-refractivity contribution is 0.0999. The van der Waals surface area contributed by atoms with E-state index in [0.29, 0.717) is 27.8 Å². The normalized spacial score (nSPS) is 10.2. The molecule has 6 heteroatoms. The van der Waals surface area contributed by atoms with Crippen LogP contribution in [0.1, 0.15) is 15.9 Å². The van der Waals surface area contributed by atoms with Gasteiger partial charge in [0.1, 0.15) is 5.75 Å². The van der Waals surface area contributed by atoms with Crippen LogP contribution < -0.4 is 16.8 Å². The lowest BCUT2D eigenvalue weighted by atomic mass is 10.1. The average Bonchev–Trinajstić information content (AvgIpc) is 2.39. The number of nitrogens with one attached hydrogen (secondary N) is 1. The van der Waals surface area contributed by atoms with Gasteiger partial charge in [-0.2, -0.15) is 0 Å². The van der Waals surface area contributed by atoms with E-state index in [1.54, 1.807) is 36.4 Å². The van der Waals surface area contributed by atoms with Gasteiger partial charge in [-0.1, -0.05) is 0 Å². The number of primary amides is 1. The molecule has 0 fully saturated rings. The highest BCUT2D eigenvalue weighted by Crippen LogP contribution is 2.24. The van der Waals surface area contributed by atoms with Gasteiger partial charge in [0.15, 0.2) is 0 Å². The summed E-state index contributed by atoms with van der Waals surface area (Å²) in [7, 11) is 0. The third kappa shape index (κ3) is 3.21. The van der Waals surface area contributed by atoms with Crippen molar-refractivity contribution in [2.24, 2.45) is 5.73 Å². The Hall–Kier alpha value is -2.21. The Morgan fingerprint density at radius 3 is 2.65 bits per heavy atom. The van der Waals surface area contributed by atoms with E-state index < -0.39 is 5.91 Å². The molecule has 5 nitrogen and oxygen atoms in total. The summed E-state index contributed by atoms with van der Waals surface area (Å²) < 4.78 is 0.617. The third-order valence-electron chi connectivity index (χ3n) is 2.82. The van der Waals surface area contributed by atoms with Crippen molar-refractivity contribution in [3.63, 3.8) is 0 Å². The smallest absolute Gasteiger partial charge is 0.249 e. The quantitative estimate of drug-likeness (QED) is 0.509. The first-order valence-corrected chi connectivity index (χ1v) is 6.67. The highest BCUT2D eigenvalue weighted by Gasteiger charge is 2.07. The van der Waals surface area contributed by atoms with Crippen LogP contribution in [0.5, 0.6) is 5.75 Å².